The third-order valence-corrected chi connectivity index (χ3v) is 3.98. The number of benzene rings is 2. The molecule has 2 N–H and O–H groups in total. The molecule has 4 heteroatoms. The van der Waals surface area contributed by atoms with E-state index < -0.39 is 18.2 Å². The van der Waals surface area contributed by atoms with Crippen LogP contribution in [0, 0.1) is 0 Å². The highest BCUT2D eigenvalue weighted by Gasteiger charge is 2.17. The predicted octanol–water partition coefficient (Wildman–Crippen LogP) is 3.39. The van der Waals surface area contributed by atoms with E-state index >= 15 is 0 Å². The SMILES string of the molecule is CCO[C@@H](Cc1ccc(CCC(O)c2ccccc2)cc1)C(=O)O. The van der Waals surface area contributed by atoms with Crippen molar-refractivity contribution in [1.82, 2.24) is 0 Å². The van der Waals surface area contributed by atoms with Gasteiger partial charge in [-0.05, 0) is 36.5 Å². The predicted molar refractivity (Wildman–Crippen MR) is 92.9 cm³/mol. The van der Waals surface area contributed by atoms with Crippen LogP contribution in [0.15, 0.2) is 54.6 Å². The topological polar surface area (TPSA) is 66.8 Å². The van der Waals surface area contributed by atoms with Gasteiger partial charge in [0, 0.05) is 13.0 Å². The van der Waals surface area contributed by atoms with E-state index in [2.05, 4.69) is 0 Å². The second kappa shape index (κ2) is 9.21. The molecule has 2 aromatic carbocycles. The first-order chi connectivity index (χ1) is 11.6. The first-order valence-corrected chi connectivity index (χ1v) is 8.25. The van der Waals surface area contributed by atoms with Crippen LogP contribution < -0.4 is 0 Å². The number of ether oxygens (including phenoxy) is 1. The third kappa shape index (κ3) is 5.48. The van der Waals surface area contributed by atoms with Gasteiger partial charge in [0.2, 0.25) is 0 Å². The number of carboxylic acid groups (broad SMARTS) is 1. The normalized spacial score (nSPS) is 13.4. The van der Waals surface area contributed by atoms with Crippen LogP contribution in [-0.2, 0) is 22.4 Å². The number of rotatable bonds is 9. The lowest BCUT2D eigenvalue weighted by molar-refractivity contribution is -0.149. The van der Waals surface area contributed by atoms with Gasteiger partial charge >= 0.3 is 5.97 Å². The fourth-order valence-electron chi connectivity index (χ4n) is 2.62. The molecular formula is C20H24O4. The van der Waals surface area contributed by atoms with Crippen molar-refractivity contribution in [2.45, 2.75) is 38.4 Å². The maximum absolute atomic E-state index is 11.1. The number of carboxylic acids is 1. The van der Waals surface area contributed by atoms with Crippen molar-refractivity contribution >= 4 is 5.97 Å². The van der Waals surface area contributed by atoms with Crippen molar-refractivity contribution in [3.8, 4) is 0 Å². The Hall–Kier alpha value is -2.17. The average molecular weight is 328 g/mol. The van der Waals surface area contributed by atoms with E-state index in [1.54, 1.807) is 6.92 Å². The Morgan fingerprint density at radius 3 is 2.25 bits per heavy atom. The van der Waals surface area contributed by atoms with Crippen LogP contribution >= 0.6 is 0 Å². The quantitative estimate of drug-likeness (QED) is 0.740. The minimum atomic E-state index is -0.938. The summed E-state index contributed by atoms with van der Waals surface area (Å²) in [6.45, 7) is 2.17. The molecule has 0 bridgehead atoms. The Bertz CT molecular complexity index is 622. The number of hydrogen-bond acceptors (Lipinski definition) is 3. The van der Waals surface area contributed by atoms with Crippen LogP contribution in [0.2, 0.25) is 0 Å². The summed E-state index contributed by atoms with van der Waals surface area (Å²) in [6.07, 6.45) is 0.501. The molecule has 0 amide bonds. The van der Waals surface area contributed by atoms with Gasteiger partial charge in [0.1, 0.15) is 0 Å². The molecule has 0 radical (unpaired) electrons. The average Bonchev–Trinajstić information content (AvgIpc) is 2.61. The molecule has 4 nitrogen and oxygen atoms in total. The molecule has 2 atom stereocenters. The van der Waals surface area contributed by atoms with Crippen molar-refractivity contribution in [3.63, 3.8) is 0 Å². The van der Waals surface area contributed by atoms with Crippen LogP contribution in [0.1, 0.15) is 36.1 Å². The molecule has 0 saturated heterocycles. The zero-order chi connectivity index (χ0) is 17.4. The summed E-state index contributed by atoms with van der Waals surface area (Å²) in [7, 11) is 0. The van der Waals surface area contributed by atoms with Crippen molar-refractivity contribution in [2.24, 2.45) is 0 Å². The fourth-order valence-corrected chi connectivity index (χ4v) is 2.62. The number of aliphatic carboxylic acids is 1. The molecule has 0 aromatic heterocycles. The molecule has 24 heavy (non-hydrogen) atoms. The highest BCUT2D eigenvalue weighted by molar-refractivity contribution is 5.72. The zero-order valence-electron chi connectivity index (χ0n) is 13.9. The Labute approximate surface area is 142 Å². The number of aliphatic hydroxyl groups is 1. The maximum atomic E-state index is 11.1. The van der Waals surface area contributed by atoms with Gasteiger partial charge in [-0.15, -0.1) is 0 Å². The lowest BCUT2D eigenvalue weighted by Gasteiger charge is -2.13. The van der Waals surface area contributed by atoms with Gasteiger partial charge in [-0.1, -0.05) is 54.6 Å². The van der Waals surface area contributed by atoms with E-state index in [-0.39, 0.29) is 0 Å². The fraction of sp³-hybridized carbons (Fsp3) is 0.350. The lowest BCUT2D eigenvalue weighted by atomic mass is 9.99. The van der Waals surface area contributed by atoms with Gasteiger partial charge in [-0.2, -0.15) is 0 Å². The molecule has 2 aromatic rings. The third-order valence-electron chi connectivity index (χ3n) is 3.98. The molecular weight excluding hydrogens is 304 g/mol. The first-order valence-electron chi connectivity index (χ1n) is 8.25. The summed E-state index contributed by atoms with van der Waals surface area (Å²) in [5, 5.41) is 19.3. The number of hydrogen-bond donors (Lipinski definition) is 2. The molecule has 2 rings (SSSR count). The molecule has 0 fully saturated rings. The molecule has 128 valence electrons. The smallest absolute Gasteiger partial charge is 0.333 e. The zero-order valence-corrected chi connectivity index (χ0v) is 13.9. The van der Waals surface area contributed by atoms with E-state index in [0.717, 1.165) is 23.1 Å². The van der Waals surface area contributed by atoms with E-state index in [9.17, 15) is 9.90 Å². The summed E-state index contributed by atoms with van der Waals surface area (Å²) >= 11 is 0. The van der Waals surface area contributed by atoms with Crippen LogP contribution in [0.5, 0.6) is 0 Å². The van der Waals surface area contributed by atoms with Crippen LogP contribution in [-0.4, -0.2) is 28.9 Å². The van der Waals surface area contributed by atoms with Crippen LogP contribution in [0.3, 0.4) is 0 Å². The van der Waals surface area contributed by atoms with Gasteiger partial charge in [0.25, 0.3) is 0 Å². The van der Waals surface area contributed by atoms with Crippen molar-refractivity contribution in [1.29, 1.82) is 0 Å². The largest absolute Gasteiger partial charge is 0.479 e. The summed E-state index contributed by atoms with van der Waals surface area (Å²) in [4.78, 5) is 11.1. The summed E-state index contributed by atoms with van der Waals surface area (Å²) in [5.41, 5.74) is 2.98. The summed E-state index contributed by atoms with van der Waals surface area (Å²) in [5.74, 6) is -0.938. The Morgan fingerprint density at radius 1 is 1.04 bits per heavy atom. The number of carbonyl (C=O) groups is 1. The minimum Gasteiger partial charge on any atom is -0.479 e. The van der Waals surface area contributed by atoms with Crippen molar-refractivity contribution in [3.05, 3.63) is 71.3 Å². The van der Waals surface area contributed by atoms with Gasteiger partial charge in [-0.25, -0.2) is 4.79 Å². The van der Waals surface area contributed by atoms with Gasteiger partial charge in [-0.3, -0.25) is 0 Å². The second-order valence-corrected chi connectivity index (χ2v) is 5.77. The molecule has 1 unspecified atom stereocenters. The highest BCUT2D eigenvalue weighted by atomic mass is 16.5. The number of aryl methyl sites for hydroxylation is 1. The highest BCUT2D eigenvalue weighted by Crippen LogP contribution is 2.19. The second-order valence-electron chi connectivity index (χ2n) is 5.77. The molecule has 0 spiro atoms. The first kappa shape index (κ1) is 18.2. The van der Waals surface area contributed by atoms with Gasteiger partial charge < -0.3 is 14.9 Å². The van der Waals surface area contributed by atoms with Crippen molar-refractivity contribution in [2.75, 3.05) is 6.61 Å². The van der Waals surface area contributed by atoms with Gasteiger partial charge in [0.05, 0.1) is 6.10 Å². The Morgan fingerprint density at radius 2 is 1.67 bits per heavy atom. The Balaban J connectivity index is 1.89. The van der Waals surface area contributed by atoms with Crippen LogP contribution in [0.25, 0.3) is 0 Å². The molecule has 0 aliphatic heterocycles. The monoisotopic (exact) mass is 328 g/mol. The minimum absolute atomic E-state index is 0.357. The Kier molecular flexibility index (Phi) is 6.97. The summed E-state index contributed by atoms with van der Waals surface area (Å²) < 4.78 is 5.23. The molecule has 0 aliphatic rings. The molecule has 0 saturated carbocycles. The van der Waals surface area contributed by atoms with E-state index in [1.165, 1.54) is 0 Å². The lowest BCUT2D eigenvalue weighted by Crippen LogP contribution is -2.26. The standard InChI is InChI=1S/C20H24O4/c1-2-24-19(20(22)23)14-16-10-8-15(9-11-16)12-13-18(21)17-6-4-3-5-7-17/h3-11,18-19,21H,2,12-14H2,1H3,(H,22,23)/t18?,19-/m0/s1. The number of aliphatic hydroxyl groups excluding tert-OH is 1. The van der Waals surface area contributed by atoms with Crippen molar-refractivity contribution < 1.29 is 19.7 Å². The maximum Gasteiger partial charge on any atom is 0.333 e. The molecule has 0 aliphatic carbocycles. The molecule has 0 heterocycles. The van der Waals surface area contributed by atoms with Crippen LogP contribution in [0.4, 0.5) is 0 Å². The van der Waals surface area contributed by atoms with E-state index in [1.807, 2.05) is 54.6 Å². The van der Waals surface area contributed by atoms with Gasteiger partial charge in [0.15, 0.2) is 6.10 Å². The van der Waals surface area contributed by atoms with E-state index in [4.69, 9.17) is 9.84 Å². The van der Waals surface area contributed by atoms with E-state index in [0.29, 0.717) is 19.4 Å². The summed E-state index contributed by atoms with van der Waals surface area (Å²) in [6, 6.07) is 17.5.